The Bertz CT molecular complexity index is 880. The van der Waals surface area contributed by atoms with E-state index in [9.17, 15) is 13.6 Å². The molecule has 3 aromatic rings. The first-order valence-corrected chi connectivity index (χ1v) is 7.55. The third-order valence-corrected chi connectivity index (χ3v) is 4.11. The Morgan fingerprint density at radius 2 is 2.09 bits per heavy atom. The Labute approximate surface area is 134 Å². The molecule has 0 saturated carbocycles. The van der Waals surface area contributed by atoms with Gasteiger partial charge in [0.2, 0.25) is 5.91 Å². The van der Waals surface area contributed by atoms with Crippen LogP contribution in [0.1, 0.15) is 5.56 Å². The average Bonchev–Trinajstić information content (AvgIpc) is 2.88. The zero-order valence-electron chi connectivity index (χ0n) is 12.1. The maximum Gasteiger partial charge on any atom is 0.230 e. The molecule has 0 aliphatic carbocycles. The van der Waals surface area contributed by atoms with Crippen LogP contribution in [0.15, 0.2) is 36.4 Å². The number of fused-ring (bicyclic) bond motifs is 1. The van der Waals surface area contributed by atoms with Gasteiger partial charge in [-0.3, -0.25) is 4.79 Å². The van der Waals surface area contributed by atoms with Crippen molar-refractivity contribution in [3.05, 3.63) is 53.6 Å². The Hall–Kier alpha value is -2.54. The van der Waals surface area contributed by atoms with Gasteiger partial charge < -0.3 is 10.1 Å². The number of methoxy groups -OCH3 is 1. The fraction of sp³-hybridized carbons (Fsp3) is 0.125. The number of rotatable bonds is 4. The van der Waals surface area contributed by atoms with Gasteiger partial charge in [-0.15, -0.1) is 0 Å². The van der Waals surface area contributed by atoms with E-state index in [1.807, 2.05) is 0 Å². The molecule has 7 heteroatoms. The SMILES string of the molecule is COc1ccc(CC(=O)Nc2nc3ccc(F)cc3s2)cc1F. The molecule has 0 aliphatic heterocycles. The minimum Gasteiger partial charge on any atom is -0.494 e. The zero-order valence-corrected chi connectivity index (χ0v) is 12.9. The second-order valence-corrected chi connectivity index (χ2v) is 5.86. The highest BCUT2D eigenvalue weighted by molar-refractivity contribution is 7.22. The van der Waals surface area contributed by atoms with Crippen molar-refractivity contribution in [1.29, 1.82) is 0 Å². The van der Waals surface area contributed by atoms with Crippen LogP contribution in [-0.4, -0.2) is 18.0 Å². The minimum absolute atomic E-state index is 0.00516. The number of hydrogen-bond acceptors (Lipinski definition) is 4. The molecular formula is C16H12F2N2O2S. The first kappa shape index (κ1) is 15.4. The summed E-state index contributed by atoms with van der Waals surface area (Å²) in [6.45, 7) is 0. The van der Waals surface area contributed by atoms with E-state index in [4.69, 9.17) is 4.74 Å². The predicted molar refractivity (Wildman–Crippen MR) is 84.9 cm³/mol. The Morgan fingerprint density at radius 1 is 1.26 bits per heavy atom. The summed E-state index contributed by atoms with van der Waals surface area (Å²) < 4.78 is 32.2. The van der Waals surface area contributed by atoms with Crippen molar-refractivity contribution < 1.29 is 18.3 Å². The Balaban J connectivity index is 1.71. The van der Waals surface area contributed by atoms with Crippen LogP contribution in [0.4, 0.5) is 13.9 Å². The number of ether oxygens (including phenoxy) is 1. The van der Waals surface area contributed by atoms with Gasteiger partial charge in [0.25, 0.3) is 0 Å². The number of amides is 1. The number of aromatic nitrogens is 1. The van der Waals surface area contributed by atoms with E-state index in [1.54, 1.807) is 12.1 Å². The number of nitrogens with zero attached hydrogens (tertiary/aromatic N) is 1. The lowest BCUT2D eigenvalue weighted by molar-refractivity contribution is -0.115. The minimum atomic E-state index is -0.520. The maximum atomic E-state index is 13.6. The van der Waals surface area contributed by atoms with Crippen LogP contribution in [0.25, 0.3) is 10.2 Å². The monoisotopic (exact) mass is 334 g/mol. The molecule has 118 valence electrons. The van der Waals surface area contributed by atoms with Crippen molar-refractivity contribution in [3.8, 4) is 5.75 Å². The third kappa shape index (κ3) is 3.45. The molecule has 1 amide bonds. The Kier molecular flexibility index (Phi) is 4.20. The summed E-state index contributed by atoms with van der Waals surface area (Å²) in [5.41, 5.74) is 1.13. The van der Waals surface area contributed by atoms with Crippen LogP contribution in [0.3, 0.4) is 0 Å². The summed E-state index contributed by atoms with van der Waals surface area (Å²) in [6, 6.07) is 8.57. The molecule has 0 saturated heterocycles. The summed E-state index contributed by atoms with van der Waals surface area (Å²) in [6.07, 6.45) is 0.00516. The molecule has 0 atom stereocenters. The molecule has 0 aliphatic rings. The maximum absolute atomic E-state index is 13.6. The highest BCUT2D eigenvalue weighted by atomic mass is 32.1. The number of carbonyl (C=O) groups is 1. The zero-order chi connectivity index (χ0) is 16.4. The quantitative estimate of drug-likeness (QED) is 0.790. The van der Waals surface area contributed by atoms with Crippen molar-refractivity contribution in [1.82, 2.24) is 4.98 Å². The number of halogens is 2. The highest BCUT2D eigenvalue weighted by Crippen LogP contribution is 2.26. The summed E-state index contributed by atoms with van der Waals surface area (Å²) in [5, 5.41) is 3.02. The van der Waals surface area contributed by atoms with Crippen molar-refractivity contribution in [2.24, 2.45) is 0 Å². The van der Waals surface area contributed by atoms with Gasteiger partial charge in [0.05, 0.1) is 23.7 Å². The van der Waals surface area contributed by atoms with Crippen LogP contribution in [0, 0.1) is 11.6 Å². The van der Waals surface area contributed by atoms with E-state index in [0.29, 0.717) is 20.9 Å². The van der Waals surface area contributed by atoms with Crippen LogP contribution in [-0.2, 0) is 11.2 Å². The first-order valence-electron chi connectivity index (χ1n) is 6.73. The molecule has 23 heavy (non-hydrogen) atoms. The fourth-order valence-corrected chi connectivity index (χ4v) is 3.03. The molecule has 1 heterocycles. The van der Waals surface area contributed by atoms with Gasteiger partial charge >= 0.3 is 0 Å². The average molecular weight is 334 g/mol. The lowest BCUT2D eigenvalue weighted by Crippen LogP contribution is -2.14. The number of nitrogens with one attached hydrogen (secondary N) is 1. The van der Waals surface area contributed by atoms with Crippen LogP contribution in [0.2, 0.25) is 0 Å². The summed E-state index contributed by atoms with van der Waals surface area (Å²) in [5.74, 6) is -1.07. The summed E-state index contributed by atoms with van der Waals surface area (Å²) in [4.78, 5) is 16.2. The topological polar surface area (TPSA) is 51.2 Å². The van der Waals surface area contributed by atoms with E-state index in [0.717, 1.165) is 0 Å². The van der Waals surface area contributed by atoms with E-state index < -0.39 is 5.82 Å². The van der Waals surface area contributed by atoms with Crippen LogP contribution in [0.5, 0.6) is 5.75 Å². The fourth-order valence-electron chi connectivity index (χ4n) is 2.12. The molecule has 0 radical (unpaired) electrons. The van der Waals surface area contributed by atoms with Crippen molar-refractivity contribution in [3.63, 3.8) is 0 Å². The summed E-state index contributed by atoms with van der Waals surface area (Å²) in [7, 11) is 1.38. The largest absolute Gasteiger partial charge is 0.494 e. The smallest absolute Gasteiger partial charge is 0.230 e. The van der Waals surface area contributed by atoms with Gasteiger partial charge in [-0.25, -0.2) is 13.8 Å². The first-order chi connectivity index (χ1) is 11.0. The third-order valence-electron chi connectivity index (χ3n) is 3.18. The lowest BCUT2D eigenvalue weighted by Gasteiger charge is -2.05. The second-order valence-electron chi connectivity index (χ2n) is 4.82. The van der Waals surface area contributed by atoms with Crippen molar-refractivity contribution >= 4 is 32.6 Å². The van der Waals surface area contributed by atoms with Crippen molar-refractivity contribution in [2.45, 2.75) is 6.42 Å². The molecule has 1 N–H and O–H groups in total. The van der Waals surface area contributed by atoms with Gasteiger partial charge in [-0.1, -0.05) is 17.4 Å². The Morgan fingerprint density at radius 3 is 2.83 bits per heavy atom. The van der Waals surface area contributed by atoms with Gasteiger partial charge in [-0.2, -0.15) is 0 Å². The van der Waals surface area contributed by atoms with Crippen LogP contribution >= 0.6 is 11.3 Å². The normalized spacial score (nSPS) is 10.7. The standard InChI is InChI=1S/C16H12F2N2O2S/c1-22-13-5-2-9(6-11(13)18)7-15(21)20-16-19-12-4-3-10(17)8-14(12)23-16/h2-6,8H,7H2,1H3,(H,19,20,21). The predicted octanol–water partition coefficient (Wildman–Crippen LogP) is 3.76. The number of anilines is 1. The number of hydrogen-bond donors (Lipinski definition) is 1. The molecule has 0 fully saturated rings. The van der Waals surface area contributed by atoms with E-state index in [-0.39, 0.29) is 23.9 Å². The molecule has 2 aromatic carbocycles. The highest BCUT2D eigenvalue weighted by Gasteiger charge is 2.11. The van der Waals surface area contributed by atoms with Gasteiger partial charge in [0, 0.05) is 0 Å². The number of benzene rings is 2. The van der Waals surface area contributed by atoms with E-state index in [1.165, 1.54) is 42.7 Å². The molecular weight excluding hydrogens is 322 g/mol. The summed E-state index contributed by atoms with van der Waals surface area (Å²) >= 11 is 1.18. The van der Waals surface area contributed by atoms with Gasteiger partial charge in [-0.05, 0) is 35.9 Å². The van der Waals surface area contributed by atoms with Gasteiger partial charge in [0.1, 0.15) is 5.82 Å². The molecule has 0 unspecified atom stereocenters. The van der Waals surface area contributed by atoms with E-state index >= 15 is 0 Å². The number of carbonyl (C=O) groups excluding carboxylic acids is 1. The number of thiazole rings is 1. The molecule has 0 bridgehead atoms. The molecule has 1 aromatic heterocycles. The van der Waals surface area contributed by atoms with Gasteiger partial charge in [0.15, 0.2) is 16.7 Å². The van der Waals surface area contributed by atoms with Crippen LogP contribution < -0.4 is 10.1 Å². The van der Waals surface area contributed by atoms with Crippen molar-refractivity contribution in [2.75, 3.05) is 12.4 Å². The molecule has 0 spiro atoms. The van der Waals surface area contributed by atoms with E-state index in [2.05, 4.69) is 10.3 Å². The lowest BCUT2D eigenvalue weighted by atomic mass is 10.1. The second kappa shape index (κ2) is 6.29. The molecule has 4 nitrogen and oxygen atoms in total. The molecule has 3 rings (SSSR count).